The topological polar surface area (TPSA) is 87.3 Å². The van der Waals surface area contributed by atoms with Crippen molar-refractivity contribution in [2.45, 2.75) is 10.1 Å². The molecule has 0 fully saturated rings. The van der Waals surface area contributed by atoms with Gasteiger partial charge in [0, 0.05) is 31.3 Å². The van der Waals surface area contributed by atoms with Crippen molar-refractivity contribution in [1.29, 1.82) is 0 Å². The molecule has 0 radical (unpaired) electrons. The molecule has 1 unspecified atom stereocenters. The highest BCUT2D eigenvalue weighted by molar-refractivity contribution is 9.10. The highest BCUT2D eigenvalue weighted by Gasteiger charge is 2.23. The third-order valence-corrected chi connectivity index (χ3v) is 8.54. The lowest BCUT2D eigenvalue weighted by molar-refractivity contribution is -0.116. The van der Waals surface area contributed by atoms with Crippen LogP contribution in [0.2, 0.25) is 5.02 Å². The highest BCUT2D eigenvalue weighted by atomic mass is 79.9. The smallest absolute Gasteiger partial charge is 0.272 e. The molecule has 6 nitrogen and oxygen atoms in total. The second-order valence-electron chi connectivity index (χ2n) is 9.82. The Hall–Kier alpha value is -4.63. The minimum absolute atomic E-state index is 0.0775. The molecule has 3 amide bonds. The Balaban J connectivity index is 1.37. The molecule has 0 spiro atoms. The molecule has 1 atom stereocenters. The van der Waals surface area contributed by atoms with E-state index in [9.17, 15) is 14.4 Å². The quantitative estimate of drug-likeness (QED) is 0.101. The molecular formula is C36H27BrClN3O3S. The average molecular weight is 697 g/mol. The molecule has 9 heteroatoms. The van der Waals surface area contributed by atoms with Crippen molar-refractivity contribution in [3.63, 3.8) is 0 Å². The van der Waals surface area contributed by atoms with Crippen LogP contribution in [-0.4, -0.2) is 17.7 Å². The summed E-state index contributed by atoms with van der Waals surface area (Å²) in [6.45, 7) is 0. The molecule has 0 aliphatic carbocycles. The van der Waals surface area contributed by atoms with E-state index < -0.39 is 17.1 Å². The van der Waals surface area contributed by atoms with Crippen LogP contribution in [0.3, 0.4) is 0 Å². The molecule has 5 aromatic carbocycles. The summed E-state index contributed by atoms with van der Waals surface area (Å²) in [6.07, 6.45) is 1.62. The fourth-order valence-electron chi connectivity index (χ4n) is 4.29. The third-order valence-electron chi connectivity index (χ3n) is 6.51. The van der Waals surface area contributed by atoms with Crippen LogP contribution in [0.25, 0.3) is 6.08 Å². The Kier molecular flexibility index (Phi) is 10.9. The number of rotatable bonds is 10. The first kappa shape index (κ1) is 31.8. The van der Waals surface area contributed by atoms with E-state index in [4.69, 9.17) is 11.6 Å². The minimum atomic E-state index is -0.578. The number of carbonyl (C=O) groups is 3. The van der Waals surface area contributed by atoms with E-state index in [0.29, 0.717) is 22.0 Å². The van der Waals surface area contributed by atoms with Crippen molar-refractivity contribution in [1.82, 2.24) is 5.32 Å². The number of nitrogens with one attached hydrogen (secondary N) is 3. The SMILES string of the molecule is O=C(Nc1cccc(SC(C(=O)Nc2ccc(Cl)cc2)c2ccccc2)c1)/C(=C/c1ccc(Br)cc1)NC(=O)c1ccccc1. The van der Waals surface area contributed by atoms with E-state index in [1.165, 1.54) is 11.8 Å². The van der Waals surface area contributed by atoms with Crippen LogP contribution in [0.15, 0.2) is 149 Å². The van der Waals surface area contributed by atoms with Gasteiger partial charge in [0.2, 0.25) is 5.91 Å². The van der Waals surface area contributed by atoms with Crippen LogP contribution in [-0.2, 0) is 9.59 Å². The van der Waals surface area contributed by atoms with Gasteiger partial charge in [-0.1, -0.05) is 94.3 Å². The number of hydrogen-bond donors (Lipinski definition) is 3. The number of benzene rings is 5. The van der Waals surface area contributed by atoms with Crippen molar-refractivity contribution in [3.8, 4) is 0 Å². The van der Waals surface area contributed by atoms with Gasteiger partial charge < -0.3 is 16.0 Å². The lowest BCUT2D eigenvalue weighted by Gasteiger charge is -2.18. The fourth-order valence-corrected chi connectivity index (χ4v) is 5.77. The number of anilines is 2. The monoisotopic (exact) mass is 695 g/mol. The van der Waals surface area contributed by atoms with E-state index >= 15 is 0 Å². The fraction of sp³-hybridized carbons (Fsp3) is 0.0278. The van der Waals surface area contributed by atoms with E-state index in [1.807, 2.05) is 66.7 Å². The zero-order chi connectivity index (χ0) is 31.6. The summed E-state index contributed by atoms with van der Waals surface area (Å²) in [7, 11) is 0. The second kappa shape index (κ2) is 15.4. The van der Waals surface area contributed by atoms with Gasteiger partial charge in [0.05, 0.1) is 0 Å². The standard InChI is InChI=1S/C36H27BrClN3O3S/c37-27-16-14-24(15-17-27)22-32(41-34(42)26-10-5-2-6-11-26)35(43)40-30-12-7-13-31(23-30)45-33(25-8-3-1-4-9-25)36(44)39-29-20-18-28(38)19-21-29/h1-23,33H,(H,39,44)(H,40,43)(H,41,42)/b32-22-. The predicted octanol–water partition coefficient (Wildman–Crippen LogP) is 8.98. The molecule has 224 valence electrons. The molecular weight excluding hydrogens is 670 g/mol. The van der Waals surface area contributed by atoms with Gasteiger partial charge in [0.15, 0.2) is 0 Å². The Morgan fingerprint density at radius 1 is 0.711 bits per heavy atom. The zero-order valence-corrected chi connectivity index (χ0v) is 26.9. The number of amides is 3. The maximum absolute atomic E-state index is 13.6. The van der Waals surface area contributed by atoms with Crippen molar-refractivity contribution in [3.05, 3.63) is 165 Å². The van der Waals surface area contributed by atoms with Gasteiger partial charge >= 0.3 is 0 Å². The molecule has 0 aromatic heterocycles. The molecule has 0 bridgehead atoms. The molecule has 0 saturated heterocycles. The van der Waals surface area contributed by atoms with E-state index in [2.05, 4.69) is 31.9 Å². The Labute approximate surface area is 279 Å². The van der Waals surface area contributed by atoms with E-state index in [-0.39, 0.29) is 11.6 Å². The lowest BCUT2D eigenvalue weighted by atomic mass is 10.1. The Morgan fingerprint density at radius 2 is 1.38 bits per heavy atom. The molecule has 0 aliphatic rings. The van der Waals surface area contributed by atoms with Crippen LogP contribution in [0.1, 0.15) is 26.7 Å². The minimum Gasteiger partial charge on any atom is -0.325 e. The van der Waals surface area contributed by atoms with Gasteiger partial charge in [-0.3, -0.25) is 14.4 Å². The summed E-state index contributed by atoms with van der Waals surface area (Å²) in [6, 6.07) is 39.7. The van der Waals surface area contributed by atoms with Gasteiger partial charge in [-0.15, -0.1) is 11.8 Å². The van der Waals surface area contributed by atoms with Crippen LogP contribution >= 0.6 is 39.3 Å². The maximum Gasteiger partial charge on any atom is 0.272 e. The highest BCUT2D eigenvalue weighted by Crippen LogP contribution is 2.37. The summed E-state index contributed by atoms with van der Waals surface area (Å²) in [4.78, 5) is 40.8. The van der Waals surface area contributed by atoms with Gasteiger partial charge in [0.25, 0.3) is 11.8 Å². The zero-order valence-electron chi connectivity index (χ0n) is 23.7. The molecule has 0 saturated carbocycles. The first-order chi connectivity index (χ1) is 21.8. The van der Waals surface area contributed by atoms with Crippen LogP contribution in [0.5, 0.6) is 0 Å². The third kappa shape index (κ3) is 9.18. The molecule has 5 aromatic rings. The summed E-state index contributed by atoms with van der Waals surface area (Å²) < 4.78 is 0.893. The lowest BCUT2D eigenvalue weighted by Crippen LogP contribution is -2.30. The first-order valence-electron chi connectivity index (χ1n) is 13.9. The normalized spacial score (nSPS) is 11.7. The molecule has 3 N–H and O–H groups in total. The van der Waals surface area contributed by atoms with Crippen LogP contribution in [0.4, 0.5) is 11.4 Å². The van der Waals surface area contributed by atoms with Gasteiger partial charge in [-0.25, -0.2) is 0 Å². The largest absolute Gasteiger partial charge is 0.325 e. The van der Waals surface area contributed by atoms with Crippen LogP contribution in [0, 0.1) is 0 Å². The van der Waals surface area contributed by atoms with Gasteiger partial charge in [-0.2, -0.15) is 0 Å². The molecule has 5 rings (SSSR count). The first-order valence-corrected chi connectivity index (χ1v) is 15.9. The predicted molar refractivity (Wildman–Crippen MR) is 186 cm³/mol. The summed E-state index contributed by atoms with van der Waals surface area (Å²) in [5, 5.41) is 8.63. The van der Waals surface area contributed by atoms with Gasteiger partial charge in [0.1, 0.15) is 10.9 Å². The summed E-state index contributed by atoms with van der Waals surface area (Å²) >= 11 is 10.8. The number of carbonyl (C=O) groups excluding carboxylic acids is 3. The van der Waals surface area contributed by atoms with E-state index in [0.717, 1.165) is 20.5 Å². The number of hydrogen-bond acceptors (Lipinski definition) is 4. The number of thioether (sulfide) groups is 1. The Bertz CT molecular complexity index is 1820. The van der Waals surface area contributed by atoms with Crippen molar-refractivity contribution < 1.29 is 14.4 Å². The maximum atomic E-state index is 13.6. The molecule has 0 heterocycles. The average Bonchev–Trinajstić information content (AvgIpc) is 3.06. The van der Waals surface area contributed by atoms with Crippen LogP contribution < -0.4 is 16.0 Å². The summed E-state index contributed by atoms with van der Waals surface area (Å²) in [5.74, 6) is -1.11. The van der Waals surface area contributed by atoms with Crippen molar-refractivity contribution in [2.24, 2.45) is 0 Å². The van der Waals surface area contributed by atoms with Crippen molar-refractivity contribution >= 4 is 74.5 Å². The summed E-state index contributed by atoms with van der Waals surface area (Å²) in [5.41, 5.74) is 3.20. The second-order valence-corrected chi connectivity index (χ2v) is 12.3. The van der Waals surface area contributed by atoms with E-state index in [1.54, 1.807) is 72.8 Å². The van der Waals surface area contributed by atoms with Crippen molar-refractivity contribution in [2.75, 3.05) is 10.6 Å². The van der Waals surface area contributed by atoms with Gasteiger partial charge in [-0.05, 0) is 83.9 Å². The molecule has 45 heavy (non-hydrogen) atoms. The Morgan fingerprint density at radius 3 is 2.07 bits per heavy atom. The number of halogens is 2. The molecule has 0 aliphatic heterocycles.